The van der Waals surface area contributed by atoms with Gasteiger partial charge in [-0.25, -0.2) is 0 Å². The lowest BCUT2D eigenvalue weighted by atomic mass is 10.3. The summed E-state index contributed by atoms with van der Waals surface area (Å²) in [5.74, 6) is 0.943. The molecule has 5 nitrogen and oxygen atoms in total. The third kappa shape index (κ3) is 2.46. The number of benzene rings is 2. The van der Waals surface area contributed by atoms with E-state index in [1.807, 2.05) is 24.3 Å². The molecule has 7 heteroatoms. The molecule has 0 amide bonds. The van der Waals surface area contributed by atoms with Crippen LogP contribution < -0.4 is 9.47 Å². The third-order valence-corrected chi connectivity index (χ3v) is 4.78. The van der Waals surface area contributed by atoms with Crippen LogP contribution in [0.1, 0.15) is 0 Å². The molecule has 3 rings (SSSR count). The van der Waals surface area contributed by atoms with Gasteiger partial charge in [0.15, 0.2) is 11.5 Å². The molecule has 1 heterocycles. The van der Waals surface area contributed by atoms with Gasteiger partial charge in [0.25, 0.3) is 5.69 Å². The van der Waals surface area contributed by atoms with Gasteiger partial charge in [-0.15, -0.1) is 0 Å². The fraction of sp³-hybridized carbons (Fsp3) is 0.0769. The maximum Gasteiger partial charge on any atom is 0.287 e. The van der Waals surface area contributed by atoms with Crippen molar-refractivity contribution in [3.8, 4) is 11.5 Å². The molecule has 2 aromatic rings. The van der Waals surface area contributed by atoms with E-state index < -0.39 is 4.92 Å². The molecule has 2 aromatic carbocycles. The van der Waals surface area contributed by atoms with Crippen LogP contribution in [0.25, 0.3) is 0 Å². The number of ether oxygens (including phenoxy) is 2. The van der Waals surface area contributed by atoms with Crippen molar-refractivity contribution >= 4 is 33.4 Å². The second-order valence-electron chi connectivity index (χ2n) is 3.96. The first-order valence-corrected chi connectivity index (χ1v) is 7.26. The summed E-state index contributed by atoms with van der Waals surface area (Å²) in [5.41, 5.74) is 0.00926. The summed E-state index contributed by atoms with van der Waals surface area (Å²) in [5, 5.41) is 11.2. The normalized spacial score (nSPS) is 12.4. The van der Waals surface area contributed by atoms with Gasteiger partial charge in [0.2, 0.25) is 6.79 Å². The smallest absolute Gasteiger partial charge is 0.287 e. The Morgan fingerprint density at radius 3 is 2.55 bits per heavy atom. The highest BCUT2D eigenvalue weighted by atomic mass is 79.9. The fourth-order valence-electron chi connectivity index (χ4n) is 1.78. The molecular weight excluding hydrogens is 346 g/mol. The zero-order chi connectivity index (χ0) is 14.1. The molecule has 0 unspecified atom stereocenters. The van der Waals surface area contributed by atoms with Crippen LogP contribution in [0.5, 0.6) is 11.5 Å². The van der Waals surface area contributed by atoms with Gasteiger partial charge in [0.1, 0.15) is 0 Å². The summed E-state index contributed by atoms with van der Waals surface area (Å²) in [4.78, 5) is 12.2. The van der Waals surface area contributed by atoms with Gasteiger partial charge in [0.05, 0.1) is 15.9 Å². The first kappa shape index (κ1) is 13.3. The van der Waals surface area contributed by atoms with Crippen molar-refractivity contribution in [3.63, 3.8) is 0 Å². The van der Waals surface area contributed by atoms with Gasteiger partial charge in [-0.3, -0.25) is 10.1 Å². The number of fused-ring (bicyclic) bond motifs is 1. The second-order valence-corrected chi connectivity index (χ2v) is 5.90. The molecular formula is C13H8BrNO4S. The lowest BCUT2D eigenvalue weighted by Crippen LogP contribution is -1.93. The summed E-state index contributed by atoms with van der Waals surface area (Å²) in [6.45, 7) is 0.0929. The van der Waals surface area contributed by atoms with Crippen LogP contribution in [0, 0.1) is 10.1 Å². The lowest BCUT2D eigenvalue weighted by molar-refractivity contribution is -0.387. The zero-order valence-corrected chi connectivity index (χ0v) is 12.4. The van der Waals surface area contributed by atoms with E-state index in [1.54, 1.807) is 6.07 Å². The van der Waals surface area contributed by atoms with Crippen molar-refractivity contribution in [3.05, 3.63) is 51.0 Å². The Balaban J connectivity index is 2.04. The molecule has 0 radical (unpaired) electrons. The third-order valence-electron chi connectivity index (χ3n) is 2.71. The minimum atomic E-state index is -0.416. The largest absolute Gasteiger partial charge is 0.454 e. The maximum atomic E-state index is 11.2. The molecule has 0 atom stereocenters. The summed E-state index contributed by atoms with van der Waals surface area (Å²) < 4.78 is 11.3. The van der Waals surface area contributed by atoms with Gasteiger partial charge in [0, 0.05) is 15.4 Å². The summed E-state index contributed by atoms with van der Waals surface area (Å²) >= 11 is 4.74. The van der Waals surface area contributed by atoms with Crippen LogP contribution in [0.3, 0.4) is 0 Å². The number of halogens is 1. The van der Waals surface area contributed by atoms with Gasteiger partial charge in [-0.05, 0) is 28.1 Å². The monoisotopic (exact) mass is 353 g/mol. The first-order valence-electron chi connectivity index (χ1n) is 5.65. The predicted molar refractivity (Wildman–Crippen MR) is 77.5 cm³/mol. The number of nitrogens with zero attached hydrogens (tertiary/aromatic N) is 1. The number of hydrogen-bond acceptors (Lipinski definition) is 5. The van der Waals surface area contributed by atoms with E-state index in [0.717, 1.165) is 9.37 Å². The highest BCUT2D eigenvalue weighted by Gasteiger charge is 2.24. The molecule has 1 aliphatic heterocycles. The van der Waals surface area contributed by atoms with Crippen molar-refractivity contribution in [2.24, 2.45) is 0 Å². The Hall–Kier alpha value is -1.73. The van der Waals surface area contributed by atoms with Crippen molar-refractivity contribution in [2.45, 2.75) is 9.79 Å². The van der Waals surface area contributed by atoms with E-state index in [2.05, 4.69) is 15.9 Å². The SMILES string of the molecule is O=[N+]([O-])c1cc2c(cc1Sc1ccccc1Br)OCO2. The molecule has 20 heavy (non-hydrogen) atoms. The molecule has 0 bridgehead atoms. The number of rotatable bonds is 3. The number of nitro groups is 1. The standard InChI is InChI=1S/C13H8BrNO4S/c14-8-3-1-2-4-12(8)20-13-6-11-10(18-7-19-11)5-9(13)15(16)17/h1-6H,7H2. The maximum absolute atomic E-state index is 11.2. The van der Waals surface area contributed by atoms with E-state index in [1.165, 1.54) is 17.8 Å². The molecule has 102 valence electrons. The van der Waals surface area contributed by atoms with E-state index >= 15 is 0 Å². The second kappa shape index (κ2) is 5.34. The topological polar surface area (TPSA) is 61.6 Å². The van der Waals surface area contributed by atoms with Gasteiger partial charge < -0.3 is 9.47 Å². The molecule has 1 aliphatic rings. The van der Waals surface area contributed by atoms with Crippen LogP contribution in [-0.2, 0) is 0 Å². The van der Waals surface area contributed by atoms with Crippen molar-refractivity contribution < 1.29 is 14.4 Å². The highest BCUT2D eigenvalue weighted by Crippen LogP contribution is 2.45. The Morgan fingerprint density at radius 2 is 1.85 bits per heavy atom. The Labute approximate surface area is 127 Å². The zero-order valence-electron chi connectivity index (χ0n) is 10.0. The molecule has 0 fully saturated rings. The first-order chi connectivity index (χ1) is 9.65. The highest BCUT2D eigenvalue weighted by molar-refractivity contribution is 9.10. The van der Waals surface area contributed by atoms with Crippen LogP contribution in [0.4, 0.5) is 5.69 Å². The quantitative estimate of drug-likeness (QED) is 0.610. The van der Waals surface area contributed by atoms with Crippen LogP contribution in [0.2, 0.25) is 0 Å². The van der Waals surface area contributed by atoms with E-state index in [9.17, 15) is 10.1 Å². The van der Waals surface area contributed by atoms with Gasteiger partial charge in [-0.2, -0.15) is 0 Å². The summed E-state index contributed by atoms with van der Waals surface area (Å²) in [7, 11) is 0. The molecule has 0 saturated carbocycles. The Kier molecular flexibility index (Phi) is 3.54. The predicted octanol–water partition coefficient (Wildman–Crippen LogP) is 4.24. The van der Waals surface area contributed by atoms with Crippen molar-refractivity contribution in [1.82, 2.24) is 0 Å². The van der Waals surface area contributed by atoms with Crippen LogP contribution >= 0.6 is 27.7 Å². The molecule has 0 saturated heterocycles. The molecule has 0 N–H and O–H groups in total. The Bertz CT molecular complexity index is 692. The minimum Gasteiger partial charge on any atom is -0.454 e. The van der Waals surface area contributed by atoms with E-state index in [4.69, 9.17) is 9.47 Å². The number of nitro benzene ring substituents is 1. The average molecular weight is 354 g/mol. The van der Waals surface area contributed by atoms with Crippen LogP contribution in [-0.4, -0.2) is 11.7 Å². The van der Waals surface area contributed by atoms with Crippen molar-refractivity contribution in [2.75, 3.05) is 6.79 Å². The molecule has 0 spiro atoms. The molecule has 0 aliphatic carbocycles. The van der Waals surface area contributed by atoms with Gasteiger partial charge in [-0.1, -0.05) is 23.9 Å². The Morgan fingerprint density at radius 1 is 1.15 bits per heavy atom. The lowest BCUT2D eigenvalue weighted by Gasteiger charge is -2.06. The average Bonchev–Trinajstić information content (AvgIpc) is 2.87. The van der Waals surface area contributed by atoms with E-state index in [-0.39, 0.29) is 12.5 Å². The number of hydrogen-bond donors (Lipinski definition) is 0. The summed E-state index contributed by atoms with van der Waals surface area (Å²) in [6.07, 6.45) is 0. The van der Waals surface area contributed by atoms with Gasteiger partial charge >= 0.3 is 0 Å². The summed E-state index contributed by atoms with van der Waals surface area (Å²) in [6, 6.07) is 10.6. The minimum absolute atomic E-state index is 0.00926. The van der Waals surface area contributed by atoms with Crippen molar-refractivity contribution in [1.29, 1.82) is 0 Å². The van der Waals surface area contributed by atoms with E-state index in [0.29, 0.717) is 16.4 Å². The molecule has 0 aromatic heterocycles. The van der Waals surface area contributed by atoms with Crippen LogP contribution in [0.15, 0.2) is 50.7 Å². The fourth-order valence-corrected chi connectivity index (χ4v) is 3.26.